The number of hydrogen-bond donors (Lipinski definition) is 0. The summed E-state index contributed by atoms with van der Waals surface area (Å²) in [5.41, 5.74) is 2.42. The van der Waals surface area contributed by atoms with E-state index in [4.69, 9.17) is 0 Å². The van der Waals surface area contributed by atoms with Crippen molar-refractivity contribution in [2.24, 2.45) is 0 Å². The molecule has 144 valence electrons. The molecular weight excluding hydrogens is 357 g/mol. The Morgan fingerprint density at radius 1 is 1.07 bits per heavy atom. The number of anilines is 1. The van der Waals surface area contributed by atoms with Crippen molar-refractivity contribution in [3.05, 3.63) is 68.8 Å². The van der Waals surface area contributed by atoms with Crippen molar-refractivity contribution in [2.45, 2.75) is 38.8 Å². The van der Waals surface area contributed by atoms with Gasteiger partial charge in [0.1, 0.15) is 0 Å². The highest BCUT2D eigenvalue weighted by Crippen LogP contribution is 2.36. The van der Waals surface area contributed by atoms with Crippen LogP contribution >= 0.6 is 0 Å². The van der Waals surface area contributed by atoms with E-state index in [1.54, 1.807) is 19.9 Å². The van der Waals surface area contributed by atoms with E-state index in [0.29, 0.717) is 24.2 Å². The van der Waals surface area contributed by atoms with Gasteiger partial charge in [-0.2, -0.15) is 13.2 Å². The van der Waals surface area contributed by atoms with Crippen LogP contribution in [0, 0.1) is 24.0 Å². The number of hydrogen-bond acceptors (Lipinski definition) is 3. The van der Waals surface area contributed by atoms with Gasteiger partial charge in [0.05, 0.1) is 10.5 Å². The van der Waals surface area contributed by atoms with E-state index in [9.17, 15) is 23.3 Å². The Morgan fingerprint density at radius 2 is 1.67 bits per heavy atom. The van der Waals surface area contributed by atoms with Gasteiger partial charge < -0.3 is 4.90 Å². The first kappa shape index (κ1) is 19.2. The van der Waals surface area contributed by atoms with Crippen molar-refractivity contribution >= 4 is 11.4 Å². The lowest BCUT2D eigenvalue weighted by molar-refractivity contribution is -0.386. The molecule has 1 saturated heterocycles. The summed E-state index contributed by atoms with van der Waals surface area (Å²) < 4.78 is 38.8. The summed E-state index contributed by atoms with van der Waals surface area (Å²) in [6, 6.07) is 9.20. The molecule has 0 aromatic heterocycles. The van der Waals surface area contributed by atoms with Crippen LogP contribution in [0.1, 0.15) is 41.0 Å². The third kappa shape index (κ3) is 4.07. The predicted octanol–water partition coefficient (Wildman–Crippen LogP) is 5.61. The summed E-state index contributed by atoms with van der Waals surface area (Å²) in [5, 5.41) is 11.1. The lowest BCUT2D eigenvalue weighted by Crippen LogP contribution is -2.33. The monoisotopic (exact) mass is 378 g/mol. The van der Waals surface area contributed by atoms with E-state index in [-0.39, 0.29) is 16.5 Å². The molecule has 0 amide bonds. The van der Waals surface area contributed by atoms with Gasteiger partial charge in [-0.3, -0.25) is 10.1 Å². The zero-order valence-corrected chi connectivity index (χ0v) is 15.2. The molecule has 1 heterocycles. The highest BCUT2D eigenvalue weighted by Gasteiger charge is 2.31. The molecule has 0 spiro atoms. The molecule has 0 N–H and O–H groups in total. The highest BCUT2D eigenvalue weighted by molar-refractivity contribution is 5.60. The molecule has 0 radical (unpaired) electrons. The van der Waals surface area contributed by atoms with Crippen molar-refractivity contribution in [3.8, 4) is 0 Å². The zero-order valence-electron chi connectivity index (χ0n) is 15.2. The minimum absolute atomic E-state index is 0.0868. The molecule has 2 aromatic carbocycles. The highest BCUT2D eigenvalue weighted by atomic mass is 19.4. The third-order valence-corrected chi connectivity index (χ3v) is 5.20. The molecule has 2 aromatic rings. The second-order valence-electron chi connectivity index (χ2n) is 7.07. The van der Waals surface area contributed by atoms with Crippen molar-refractivity contribution in [1.29, 1.82) is 0 Å². The Kier molecular flexibility index (Phi) is 5.13. The number of nitro groups is 1. The third-order valence-electron chi connectivity index (χ3n) is 5.20. The Labute approximate surface area is 155 Å². The molecule has 3 rings (SSSR count). The van der Waals surface area contributed by atoms with E-state index in [1.165, 1.54) is 12.1 Å². The Morgan fingerprint density at radius 3 is 2.19 bits per heavy atom. The number of halogens is 3. The van der Waals surface area contributed by atoms with E-state index in [0.717, 1.165) is 30.2 Å². The quantitative estimate of drug-likeness (QED) is 0.515. The molecule has 0 unspecified atom stereocenters. The Balaban J connectivity index is 1.74. The summed E-state index contributed by atoms with van der Waals surface area (Å²) in [7, 11) is 0. The maximum Gasteiger partial charge on any atom is 0.416 e. The van der Waals surface area contributed by atoms with Gasteiger partial charge in [-0.15, -0.1) is 0 Å². The minimum atomic E-state index is -4.33. The topological polar surface area (TPSA) is 46.4 Å². The second kappa shape index (κ2) is 7.21. The van der Waals surface area contributed by atoms with E-state index >= 15 is 0 Å². The number of nitrogens with zero attached hydrogens (tertiary/aromatic N) is 2. The predicted molar refractivity (Wildman–Crippen MR) is 98.2 cm³/mol. The molecule has 7 heteroatoms. The smallest absolute Gasteiger partial charge is 0.371 e. The summed E-state index contributed by atoms with van der Waals surface area (Å²) in [5.74, 6) is 0.0868. The van der Waals surface area contributed by atoms with Crippen LogP contribution < -0.4 is 4.90 Å². The number of rotatable bonds is 3. The van der Waals surface area contributed by atoms with Gasteiger partial charge in [0.25, 0.3) is 5.69 Å². The molecule has 0 saturated carbocycles. The first-order valence-corrected chi connectivity index (χ1v) is 8.84. The largest absolute Gasteiger partial charge is 0.416 e. The fourth-order valence-electron chi connectivity index (χ4n) is 3.84. The van der Waals surface area contributed by atoms with Gasteiger partial charge in [-0.25, -0.2) is 0 Å². The van der Waals surface area contributed by atoms with Crippen LogP contribution in [0.3, 0.4) is 0 Å². The van der Waals surface area contributed by atoms with Crippen molar-refractivity contribution in [1.82, 2.24) is 0 Å². The average Bonchev–Trinajstić information content (AvgIpc) is 2.60. The van der Waals surface area contributed by atoms with Crippen LogP contribution in [0.5, 0.6) is 0 Å². The van der Waals surface area contributed by atoms with Crippen LogP contribution in [0.4, 0.5) is 24.5 Å². The number of alkyl halides is 3. The zero-order chi connectivity index (χ0) is 19.8. The molecule has 27 heavy (non-hydrogen) atoms. The van der Waals surface area contributed by atoms with Gasteiger partial charge in [-0.05, 0) is 56.4 Å². The van der Waals surface area contributed by atoms with Crippen molar-refractivity contribution < 1.29 is 18.1 Å². The summed E-state index contributed by atoms with van der Waals surface area (Å²) in [6.07, 6.45) is -2.84. The lowest BCUT2D eigenvalue weighted by Gasteiger charge is -2.34. The number of benzene rings is 2. The molecular formula is C20H21F3N2O2. The SMILES string of the molecule is Cc1cc(N2CCC(c3cccc(C(F)(F)F)c3)CC2)cc(C)c1[N+](=O)[O-]. The Hall–Kier alpha value is -2.57. The fraction of sp³-hybridized carbons (Fsp3) is 0.400. The number of nitro benzene ring substituents is 1. The Bertz CT molecular complexity index is 834. The average molecular weight is 378 g/mol. The maximum atomic E-state index is 12.9. The molecule has 1 aliphatic rings. The number of piperidine rings is 1. The summed E-state index contributed by atoms with van der Waals surface area (Å²) >= 11 is 0. The maximum absolute atomic E-state index is 12.9. The lowest BCUT2D eigenvalue weighted by atomic mass is 9.88. The molecule has 0 aliphatic carbocycles. The van der Waals surface area contributed by atoms with Crippen LogP contribution in [0.15, 0.2) is 36.4 Å². The van der Waals surface area contributed by atoms with Gasteiger partial charge >= 0.3 is 6.18 Å². The van der Waals surface area contributed by atoms with Crippen molar-refractivity contribution in [2.75, 3.05) is 18.0 Å². The van der Waals surface area contributed by atoms with Crippen LogP contribution in [0.25, 0.3) is 0 Å². The van der Waals surface area contributed by atoms with Crippen LogP contribution in [0.2, 0.25) is 0 Å². The first-order chi connectivity index (χ1) is 12.7. The summed E-state index contributed by atoms with van der Waals surface area (Å²) in [6.45, 7) is 4.86. The van der Waals surface area contributed by atoms with Gasteiger partial charge in [0, 0.05) is 29.9 Å². The standard InChI is InChI=1S/C20H21F3N2O2/c1-13-10-18(11-14(2)19(13)25(26)27)24-8-6-15(7-9-24)16-4-3-5-17(12-16)20(21,22)23/h3-5,10-12,15H,6-9H2,1-2H3. The van der Waals surface area contributed by atoms with Crippen LogP contribution in [-0.4, -0.2) is 18.0 Å². The molecule has 1 aliphatic heterocycles. The van der Waals surface area contributed by atoms with Gasteiger partial charge in [0.2, 0.25) is 0 Å². The first-order valence-electron chi connectivity index (χ1n) is 8.84. The summed E-state index contributed by atoms with van der Waals surface area (Å²) in [4.78, 5) is 12.9. The van der Waals surface area contributed by atoms with Gasteiger partial charge in [0.15, 0.2) is 0 Å². The van der Waals surface area contributed by atoms with Crippen molar-refractivity contribution in [3.63, 3.8) is 0 Å². The van der Waals surface area contributed by atoms with E-state index in [1.807, 2.05) is 12.1 Å². The number of aryl methyl sites for hydroxylation is 2. The van der Waals surface area contributed by atoms with E-state index < -0.39 is 11.7 Å². The molecule has 0 atom stereocenters. The molecule has 4 nitrogen and oxygen atoms in total. The van der Waals surface area contributed by atoms with Gasteiger partial charge in [-0.1, -0.05) is 18.2 Å². The minimum Gasteiger partial charge on any atom is -0.371 e. The molecule has 1 fully saturated rings. The fourth-order valence-corrected chi connectivity index (χ4v) is 3.84. The normalized spacial score (nSPS) is 15.8. The molecule has 0 bridgehead atoms. The second-order valence-corrected chi connectivity index (χ2v) is 7.07. The van der Waals surface area contributed by atoms with Crippen LogP contribution in [-0.2, 0) is 6.18 Å². The van der Waals surface area contributed by atoms with E-state index in [2.05, 4.69) is 4.90 Å².